The van der Waals surface area contributed by atoms with Crippen molar-refractivity contribution in [1.82, 2.24) is 0 Å². The Hall–Kier alpha value is -1.14. The van der Waals surface area contributed by atoms with E-state index >= 15 is 0 Å². The average Bonchev–Trinajstić information content (AvgIpc) is 2.14. The summed E-state index contributed by atoms with van der Waals surface area (Å²) in [4.78, 5) is 21.2. The van der Waals surface area contributed by atoms with Crippen LogP contribution in [0, 0.1) is 10.1 Å². The second-order valence-corrected chi connectivity index (χ2v) is 3.86. The molecule has 1 aromatic rings. The highest BCUT2D eigenvalue weighted by atomic mass is 79.9. The van der Waals surface area contributed by atoms with Gasteiger partial charge in [0.1, 0.15) is 10.6 Å². The lowest BCUT2D eigenvalue weighted by atomic mass is 10.2. The Morgan fingerprint density at radius 2 is 2.20 bits per heavy atom. The van der Waals surface area contributed by atoms with Gasteiger partial charge in [-0.1, -0.05) is 27.5 Å². The number of ether oxygens (including phenoxy) is 1. The lowest BCUT2D eigenvalue weighted by Gasteiger charge is -2.03. The van der Waals surface area contributed by atoms with E-state index in [-0.39, 0.29) is 10.6 Å². The summed E-state index contributed by atoms with van der Waals surface area (Å²) in [5, 5.41) is 10.6. The summed E-state index contributed by atoms with van der Waals surface area (Å²) in [6.45, 7) is 0. The maximum absolute atomic E-state index is 11.2. The number of methoxy groups -OCH3 is 1. The molecule has 0 bridgehead atoms. The van der Waals surface area contributed by atoms with E-state index in [9.17, 15) is 14.9 Å². The molecular weight excluding hydrogens is 289 g/mol. The first-order chi connectivity index (χ1) is 6.97. The van der Waals surface area contributed by atoms with Crippen molar-refractivity contribution < 1.29 is 14.5 Å². The highest BCUT2D eigenvalue weighted by molar-refractivity contribution is 9.10. The first kappa shape index (κ1) is 11.9. The number of nitrogens with zero attached hydrogens (tertiary/aromatic N) is 1. The molecule has 0 saturated heterocycles. The van der Waals surface area contributed by atoms with E-state index in [2.05, 4.69) is 20.7 Å². The second-order valence-electron chi connectivity index (χ2n) is 2.53. The molecule has 7 heteroatoms. The monoisotopic (exact) mass is 293 g/mol. The second kappa shape index (κ2) is 4.59. The van der Waals surface area contributed by atoms with Crippen molar-refractivity contribution in [3.05, 3.63) is 37.3 Å². The van der Waals surface area contributed by atoms with Gasteiger partial charge in [0.15, 0.2) is 0 Å². The zero-order chi connectivity index (χ0) is 11.6. The van der Waals surface area contributed by atoms with Crippen molar-refractivity contribution in [1.29, 1.82) is 0 Å². The average molecular weight is 294 g/mol. The minimum atomic E-state index is -0.801. The number of rotatable bonds is 2. The summed E-state index contributed by atoms with van der Waals surface area (Å²) < 4.78 is 4.89. The van der Waals surface area contributed by atoms with Crippen molar-refractivity contribution in [2.24, 2.45) is 0 Å². The molecule has 1 aromatic carbocycles. The van der Waals surface area contributed by atoms with E-state index in [1.54, 1.807) is 0 Å². The van der Waals surface area contributed by atoms with E-state index in [0.717, 1.165) is 7.11 Å². The molecule has 80 valence electrons. The lowest BCUT2D eigenvalue weighted by Crippen LogP contribution is -2.06. The number of carbonyl (C=O) groups is 1. The SMILES string of the molecule is COC(=O)c1cc(Br)cc(Cl)c1[N+](=O)[O-]. The smallest absolute Gasteiger partial charge is 0.344 e. The molecule has 0 aliphatic heterocycles. The van der Waals surface area contributed by atoms with Crippen molar-refractivity contribution >= 4 is 39.2 Å². The first-order valence-electron chi connectivity index (χ1n) is 3.69. The van der Waals surface area contributed by atoms with Gasteiger partial charge in [-0.3, -0.25) is 10.1 Å². The number of nitro groups is 1. The molecule has 0 atom stereocenters. The molecule has 0 aliphatic rings. The van der Waals surface area contributed by atoms with Crippen molar-refractivity contribution in [3.8, 4) is 0 Å². The van der Waals surface area contributed by atoms with Crippen LogP contribution in [-0.2, 0) is 4.74 Å². The summed E-state index contributed by atoms with van der Waals surface area (Å²) in [6, 6.07) is 2.63. The Labute approximate surface area is 98.3 Å². The number of carbonyl (C=O) groups excluding carboxylic acids is 1. The van der Waals surface area contributed by atoms with E-state index < -0.39 is 16.6 Å². The normalized spacial score (nSPS) is 9.80. The molecule has 0 fully saturated rings. The highest BCUT2D eigenvalue weighted by Crippen LogP contribution is 2.32. The van der Waals surface area contributed by atoms with E-state index in [1.165, 1.54) is 12.1 Å². The van der Waals surface area contributed by atoms with Gasteiger partial charge in [-0.2, -0.15) is 0 Å². The molecule has 0 spiro atoms. The third kappa shape index (κ3) is 2.45. The minimum absolute atomic E-state index is 0.116. The third-order valence-electron chi connectivity index (χ3n) is 1.62. The van der Waals surface area contributed by atoms with E-state index in [1.807, 2.05) is 0 Å². The van der Waals surface area contributed by atoms with Gasteiger partial charge >= 0.3 is 11.7 Å². The maximum Gasteiger partial charge on any atom is 0.344 e. The van der Waals surface area contributed by atoms with E-state index in [0.29, 0.717) is 4.47 Å². The van der Waals surface area contributed by atoms with Gasteiger partial charge in [0.2, 0.25) is 0 Å². The molecule has 0 aliphatic carbocycles. The third-order valence-corrected chi connectivity index (χ3v) is 2.36. The van der Waals surface area contributed by atoms with Crippen molar-refractivity contribution in [2.75, 3.05) is 7.11 Å². The van der Waals surface area contributed by atoms with Crippen LogP contribution >= 0.6 is 27.5 Å². The quantitative estimate of drug-likeness (QED) is 0.478. The number of nitro benzene ring substituents is 1. The molecule has 0 radical (unpaired) electrons. The maximum atomic E-state index is 11.2. The van der Waals surface area contributed by atoms with Crippen LogP contribution in [0.15, 0.2) is 16.6 Å². The van der Waals surface area contributed by atoms with Crippen LogP contribution in [0.25, 0.3) is 0 Å². The van der Waals surface area contributed by atoms with E-state index in [4.69, 9.17) is 11.6 Å². The fourth-order valence-corrected chi connectivity index (χ4v) is 1.90. The highest BCUT2D eigenvalue weighted by Gasteiger charge is 2.25. The summed E-state index contributed by atoms with van der Waals surface area (Å²) >= 11 is 8.73. The molecular formula is C8H5BrClNO4. The fraction of sp³-hybridized carbons (Fsp3) is 0.125. The van der Waals surface area contributed by atoms with Gasteiger partial charge in [0, 0.05) is 4.47 Å². The van der Waals surface area contributed by atoms with Gasteiger partial charge < -0.3 is 4.74 Å². The Bertz CT molecular complexity index is 435. The minimum Gasteiger partial charge on any atom is -0.465 e. The van der Waals surface area contributed by atoms with Crippen LogP contribution in [0.5, 0.6) is 0 Å². The molecule has 0 saturated carbocycles. The van der Waals surface area contributed by atoms with Crippen molar-refractivity contribution in [2.45, 2.75) is 0 Å². The summed E-state index contributed by atoms with van der Waals surface area (Å²) in [7, 11) is 1.14. The summed E-state index contributed by atoms with van der Waals surface area (Å²) in [6.07, 6.45) is 0. The zero-order valence-corrected chi connectivity index (χ0v) is 9.83. The number of benzene rings is 1. The summed E-state index contributed by atoms with van der Waals surface area (Å²) in [5.41, 5.74) is -0.631. The molecule has 15 heavy (non-hydrogen) atoms. The van der Waals surface area contributed by atoms with Crippen LogP contribution in [-0.4, -0.2) is 18.0 Å². The van der Waals surface area contributed by atoms with Crippen molar-refractivity contribution in [3.63, 3.8) is 0 Å². The summed E-state index contributed by atoms with van der Waals surface area (Å²) in [5.74, 6) is -0.801. The molecule has 0 heterocycles. The number of hydrogen-bond donors (Lipinski definition) is 0. The van der Waals surface area contributed by atoms with Crippen LogP contribution in [0.3, 0.4) is 0 Å². The van der Waals surface area contributed by atoms with Gasteiger partial charge in [-0.15, -0.1) is 0 Å². The predicted molar refractivity (Wildman–Crippen MR) is 57.1 cm³/mol. The van der Waals surface area contributed by atoms with Crippen LogP contribution in [0.1, 0.15) is 10.4 Å². The van der Waals surface area contributed by atoms with Gasteiger partial charge in [0.05, 0.1) is 12.0 Å². The molecule has 0 N–H and O–H groups in total. The predicted octanol–water partition coefficient (Wildman–Crippen LogP) is 2.80. The topological polar surface area (TPSA) is 69.4 Å². The molecule has 0 unspecified atom stereocenters. The van der Waals surface area contributed by atoms with Crippen LogP contribution in [0.2, 0.25) is 5.02 Å². The van der Waals surface area contributed by atoms with Gasteiger partial charge in [-0.05, 0) is 12.1 Å². The molecule has 0 amide bonds. The van der Waals surface area contributed by atoms with Gasteiger partial charge in [0.25, 0.3) is 0 Å². The van der Waals surface area contributed by atoms with Gasteiger partial charge in [-0.25, -0.2) is 4.79 Å². The molecule has 0 aromatic heterocycles. The fourth-order valence-electron chi connectivity index (χ4n) is 1.02. The molecule has 5 nitrogen and oxygen atoms in total. The zero-order valence-electron chi connectivity index (χ0n) is 7.49. The van der Waals surface area contributed by atoms with Crippen LogP contribution in [0.4, 0.5) is 5.69 Å². The Morgan fingerprint density at radius 1 is 1.60 bits per heavy atom. The standard InChI is InChI=1S/C8H5BrClNO4/c1-15-8(12)5-2-4(9)3-6(10)7(5)11(13)14/h2-3H,1H3. The Kier molecular flexibility index (Phi) is 3.65. The number of esters is 1. The first-order valence-corrected chi connectivity index (χ1v) is 4.86. The largest absolute Gasteiger partial charge is 0.465 e. The lowest BCUT2D eigenvalue weighted by molar-refractivity contribution is -0.385. The Balaban J connectivity index is 3.46. The Morgan fingerprint density at radius 3 is 2.67 bits per heavy atom. The van der Waals surface area contributed by atoms with Crippen LogP contribution < -0.4 is 0 Å². The number of hydrogen-bond acceptors (Lipinski definition) is 4. The number of halogens is 2. The molecule has 1 rings (SSSR count).